The van der Waals surface area contributed by atoms with E-state index in [1.54, 1.807) is 0 Å². The fourth-order valence-electron chi connectivity index (χ4n) is 1.12. The second-order valence-corrected chi connectivity index (χ2v) is 4.70. The first-order valence-electron chi connectivity index (χ1n) is 4.48. The number of rotatable bonds is 5. The number of aromatic nitrogens is 2. The summed E-state index contributed by atoms with van der Waals surface area (Å²) in [6, 6.07) is -0.839. The van der Waals surface area contributed by atoms with Gasteiger partial charge in [-0.25, -0.2) is 0 Å². The van der Waals surface area contributed by atoms with Crippen molar-refractivity contribution in [3.8, 4) is 0 Å². The Labute approximate surface area is 113 Å². The molecule has 0 aromatic carbocycles. The Bertz CT molecular complexity index is 415. The number of aliphatic carboxylic acids is 1. The maximum absolute atomic E-state index is 11.8. The first-order chi connectivity index (χ1) is 7.95. The topological polar surface area (TPSA) is 115 Å². The summed E-state index contributed by atoms with van der Waals surface area (Å²) < 4.78 is 0.669. The van der Waals surface area contributed by atoms with Crippen LogP contribution in [0.25, 0.3) is 0 Å². The average Bonchev–Trinajstić information content (AvgIpc) is 2.56. The molecule has 0 saturated carbocycles. The fraction of sp³-hybridized carbons (Fsp3) is 0.375. The number of carbonyl (C=O) groups is 2. The Kier molecular flexibility index (Phi) is 5.09. The highest BCUT2D eigenvalue weighted by Crippen LogP contribution is 2.21. The molecule has 1 heterocycles. The van der Waals surface area contributed by atoms with Crippen molar-refractivity contribution in [3.05, 3.63) is 14.8 Å². The molecule has 94 valence electrons. The molecule has 0 aliphatic rings. The third kappa shape index (κ3) is 3.79. The molecule has 4 N–H and O–H groups in total. The van der Waals surface area contributed by atoms with Crippen LogP contribution in [-0.4, -0.2) is 44.9 Å². The van der Waals surface area contributed by atoms with Crippen LogP contribution >= 0.6 is 31.9 Å². The summed E-state index contributed by atoms with van der Waals surface area (Å²) in [6.07, 6.45) is -0.352. The van der Waals surface area contributed by atoms with Gasteiger partial charge in [-0.1, -0.05) is 0 Å². The van der Waals surface area contributed by atoms with E-state index in [-0.39, 0.29) is 12.0 Å². The van der Waals surface area contributed by atoms with Gasteiger partial charge in [0.1, 0.15) is 14.8 Å². The van der Waals surface area contributed by atoms with E-state index < -0.39 is 24.5 Å². The molecule has 0 fully saturated rings. The van der Waals surface area contributed by atoms with E-state index >= 15 is 0 Å². The van der Waals surface area contributed by atoms with Gasteiger partial charge in [0.15, 0.2) is 0 Å². The number of nitrogens with zero attached hydrogens (tertiary/aromatic N) is 1. The number of carboxylic acid groups (broad SMARTS) is 1. The number of aliphatic hydroxyl groups excluding tert-OH is 1. The maximum atomic E-state index is 11.8. The van der Waals surface area contributed by atoms with Crippen LogP contribution in [0.4, 0.5) is 0 Å². The van der Waals surface area contributed by atoms with Crippen LogP contribution in [0, 0.1) is 0 Å². The number of amides is 1. The number of hydrogen-bond donors (Lipinski definition) is 4. The molecule has 17 heavy (non-hydrogen) atoms. The van der Waals surface area contributed by atoms with Crippen molar-refractivity contribution in [2.24, 2.45) is 0 Å². The van der Waals surface area contributed by atoms with Crippen LogP contribution in [0.3, 0.4) is 0 Å². The maximum Gasteiger partial charge on any atom is 0.305 e. The molecule has 1 aromatic rings. The number of carbonyl (C=O) groups excluding carboxylic acids is 1. The molecule has 0 bridgehead atoms. The molecule has 1 atom stereocenters. The zero-order chi connectivity index (χ0) is 13.0. The summed E-state index contributed by atoms with van der Waals surface area (Å²) in [7, 11) is 0. The monoisotopic (exact) mass is 369 g/mol. The largest absolute Gasteiger partial charge is 0.481 e. The second-order valence-electron chi connectivity index (χ2n) is 3.15. The third-order valence-corrected chi connectivity index (χ3v) is 3.03. The van der Waals surface area contributed by atoms with Gasteiger partial charge in [0.05, 0.1) is 19.1 Å². The molecule has 1 amide bonds. The van der Waals surface area contributed by atoms with Gasteiger partial charge in [0, 0.05) is 0 Å². The number of carboxylic acids is 1. The zero-order valence-corrected chi connectivity index (χ0v) is 11.6. The zero-order valence-electron chi connectivity index (χ0n) is 8.41. The van der Waals surface area contributed by atoms with Crippen molar-refractivity contribution in [2.75, 3.05) is 6.61 Å². The number of H-pyrrole nitrogens is 1. The minimum absolute atomic E-state index is 0.217. The normalized spacial score (nSPS) is 12.2. The van der Waals surface area contributed by atoms with E-state index in [0.717, 1.165) is 0 Å². The van der Waals surface area contributed by atoms with Gasteiger partial charge >= 0.3 is 5.97 Å². The van der Waals surface area contributed by atoms with Crippen molar-refractivity contribution in [1.29, 1.82) is 0 Å². The highest BCUT2D eigenvalue weighted by molar-refractivity contribution is 9.11. The second kappa shape index (κ2) is 6.12. The van der Waals surface area contributed by atoms with Gasteiger partial charge in [-0.05, 0) is 31.9 Å². The lowest BCUT2D eigenvalue weighted by Gasteiger charge is -2.13. The number of aromatic amines is 1. The molecular formula is C8H9Br2N3O4. The SMILES string of the molecule is O=C(O)C[C@@H](CO)NC(=O)c1c(Br)n[nH]c1Br. The summed E-state index contributed by atoms with van der Waals surface area (Å²) >= 11 is 6.16. The molecule has 0 unspecified atom stereocenters. The summed E-state index contributed by atoms with van der Waals surface area (Å²) in [6.45, 7) is -0.453. The third-order valence-electron chi connectivity index (χ3n) is 1.88. The van der Waals surface area contributed by atoms with Gasteiger partial charge in [0.2, 0.25) is 0 Å². The number of aliphatic hydroxyl groups is 1. The van der Waals surface area contributed by atoms with E-state index in [2.05, 4.69) is 47.4 Å². The van der Waals surface area contributed by atoms with E-state index in [1.807, 2.05) is 0 Å². The van der Waals surface area contributed by atoms with Gasteiger partial charge in [-0.3, -0.25) is 14.7 Å². The Morgan fingerprint density at radius 1 is 1.47 bits per heavy atom. The van der Waals surface area contributed by atoms with Gasteiger partial charge < -0.3 is 15.5 Å². The smallest absolute Gasteiger partial charge is 0.305 e. The lowest BCUT2D eigenvalue weighted by Crippen LogP contribution is -2.39. The summed E-state index contributed by atoms with van der Waals surface area (Å²) in [4.78, 5) is 22.2. The van der Waals surface area contributed by atoms with Crippen LogP contribution in [0.1, 0.15) is 16.8 Å². The standard InChI is InChI=1S/C8H9Br2N3O4/c9-6-5(7(10)13-12-6)8(17)11-3(2-14)1-4(15)16/h3,14H,1-2H2,(H,11,17)(H,12,13)(H,15,16)/t3-/m0/s1. The van der Waals surface area contributed by atoms with Gasteiger partial charge in [-0.15, -0.1) is 0 Å². The molecule has 0 aliphatic carbocycles. The molecule has 1 rings (SSSR count). The highest BCUT2D eigenvalue weighted by atomic mass is 79.9. The highest BCUT2D eigenvalue weighted by Gasteiger charge is 2.21. The predicted molar refractivity (Wildman–Crippen MR) is 64.6 cm³/mol. The Morgan fingerprint density at radius 2 is 2.12 bits per heavy atom. The van der Waals surface area contributed by atoms with Crippen molar-refractivity contribution < 1.29 is 19.8 Å². The first-order valence-corrected chi connectivity index (χ1v) is 6.07. The summed E-state index contributed by atoms with van der Waals surface area (Å²) in [5.74, 6) is -1.63. The Hall–Kier alpha value is -0.930. The lowest BCUT2D eigenvalue weighted by molar-refractivity contribution is -0.137. The van der Waals surface area contributed by atoms with Crippen molar-refractivity contribution >= 4 is 43.7 Å². The van der Waals surface area contributed by atoms with E-state index in [9.17, 15) is 9.59 Å². The minimum atomic E-state index is -1.10. The van der Waals surface area contributed by atoms with E-state index in [1.165, 1.54) is 0 Å². The molecule has 0 spiro atoms. The Balaban J connectivity index is 2.74. The minimum Gasteiger partial charge on any atom is -0.481 e. The molecule has 0 saturated heterocycles. The summed E-state index contributed by atoms with van der Waals surface area (Å²) in [5, 5.41) is 26.2. The number of hydrogen-bond acceptors (Lipinski definition) is 4. The number of nitrogens with one attached hydrogen (secondary N) is 2. The van der Waals surface area contributed by atoms with E-state index in [4.69, 9.17) is 10.2 Å². The molecule has 9 heteroatoms. The number of halogens is 2. The van der Waals surface area contributed by atoms with Crippen LogP contribution in [0.2, 0.25) is 0 Å². The molecular weight excluding hydrogens is 362 g/mol. The van der Waals surface area contributed by atoms with Crippen molar-refractivity contribution in [1.82, 2.24) is 15.5 Å². The summed E-state index contributed by atoms with van der Waals surface area (Å²) in [5.41, 5.74) is 0.217. The molecule has 0 radical (unpaired) electrons. The van der Waals surface area contributed by atoms with Crippen molar-refractivity contribution in [2.45, 2.75) is 12.5 Å². The average molecular weight is 371 g/mol. The molecule has 1 aromatic heterocycles. The van der Waals surface area contributed by atoms with Crippen LogP contribution < -0.4 is 5.32 Å². The molecule has 7 nitrogen and oxygen atoms in total. The predicted octanol–water partition coefficient (Wildman–Crippen LogP) is 0.500. The van der Waals surface area contributed by atoms with Gasteiger partial charge in [0.25, 0.3) is 5.91 Å². The quantitative estimate of drug-likeness (QED) is 0.602. The van der Waals surface area contributed by atoms with Crippen LogP contribution in [-0.2, 0) is 4.79 Å². The van der Waals surface area contributed by atoms with Crippen LogP contribution in [0.5, 0.6) is 0 Å². The van der Waals surface area contributed by atoms with Crippen LogP contribution in [0.15, 0.2) is 9.21 Å². The first kappa shape index (κ1) is 14.1. The fourth-order valence-corrected chi connectivity index (χ4v) is 2.31. The van der Waals surface area contributed by atoms with E-state index in [0.29, 0.717) is 9.21 Å². The van der Waals surface area contributed by atoms with Gasteiger partial charge in [-0.2, -0.15) is 5.10 Å². The lowest BCUT2D eigenvalue weighted by atomic mass is 10.2. The molecule has 0 aliphatic heterocycles. The van der Waals surface area contributed by atoms with Crippen molar-refractivity contribution in [3.63, 3.8) is 0 Å². The Morgan fingerprint density at radius 3 is 2.53 bits per heavy atom.